The van der Waals surface area contributed by atoms with E-state index in [9.17, 15) is 24.0 Å². The molecule has 0 aliphatic rings. The van der Waals surface area contributed by atoms with Crippen molar-refractivity contribution in [2.75, 3.05) is 6.54 Å². The second-order valence-electron chi connectivity index (χ2n) is 9.41. The van der Waals surface area contributed by atoms with Gasteiger partial charge in [-0.25, -0.2) is 15.0 Å². The number of rotatable bonds is 16. The van der Waals surface area contributed by atoms with Crippen LogP contribution in [0.15, 0.2) is 18.7 Å². The Morgan fingerprint density at radius 1 is 1.03 bits per heavy atom. The SMILES string of the molecule is Cc1cnc([C@H](CC(N)=O)NCCC(N)=O)nc1C(=O)N[C@@H](Cc1cnc[nH]1)C(=O)N[C@H](C)C[C@H](C)C(N)=O. The summed E-state index contributed by atoms with van der Waals surface area (Å²) in [7, 11) is 0. The van der Waals surface area contributed by atoms with Crippen molar-refractivity contribution < 1.29 is 24.0 Å². The quantitative estimate of drug-likeness (QED) is 0.126. The van der Waals surface area contributed by atoms with Crippen LogP contribution < -0.4 is 33.2 Å². The third-order valence-corrected chi connectivity index (χ3v) is 5.87. The van der Waals surface area contributed by atoms with E-state index in [4.69, 9.17) is 17.2 Å². The molecule has 0 spiro atoms. The Balaban J connectivity index is 2.25. The number of hydrogen-bond donors (Lipinski definition) is 7. The van der Waals surface area contributed by atoms with Crippen LogP contribution in [0.25, 0.3) is 0 Å². The maximum Gasteiger partial charge on any atom is 0.270 e. The first kappa shape index (κ1) is 30.8. The van der Waals surface area contributed by atoms with Crippen LogP contribution in [0.3, 0.4) is 0 Å². The number of imidazole rings is 1. The molecule has 2 aromatic rings. The van der Waals surface area contributed by atoms with E-state index >= 15 is 0 Å². The van der Waals surface area contributed by atoms with Gasteiger partial charge in [0, 0.05) is 55.9 Å². The van der Waals surface area contributed by atoms with Crippen LogP contribution in [0.5, 0.6) is 0 Å². The van der Waals surface area contributed by atoms with Crippen molar-refractivity contribution in [3.8, 4) is 0 Å². The van der Waals surface area contributed by atoms with E-state index in [2.05, 4.69) is 35.9 Å². The average Bonchev–Trinajstić information content (AvgIpc) is 3.35. The largest absolute Gasteiger partial charge is 0.370 e. The van der Waals surface area contributed by atoms with Gasteiger partial charge in [0.15, 0.2) is 0 Å². The topological polar surface area (TPSA) is 254 Å². The highest BCUT2D eigenvalue weighted by Gasteiger charge is 2.27. The monoisotopic (exact) mass is 544 g/mol. The zero-order chi connectivity index (χ0) is 29.1. The molecule has 0 saturated heterocycles. The number of primary amides is 3. The number of H-pyrrole nitrogens is 1. The Bertz CT molecular complexity index is 1170. The van der Waals surface area contributed by atoms with E-state index in [0.717, 1.165) is 0 Å². The van der Waals surface area contributed by atoms with Crippen LogP contribution in [0.4, 0.5) is 0 Å². The number of aryl methyl sites for hydroxylation is 1. The Hall–Kier alpha value is -4.40. The molecule has 4 atom stereocenters. The van der Waals surface area contributed by atoms with Gasteiger partial charge in [0.2, 0.25) is 23.6 Å². The number of aromatic nitrogens is 4. The minimum absolute atomic E-state index is 0.00942. The second kappa shape index (κ2) is 14.5. The highest BCUT2D eigenvalue weighted by molar-refractivity contribution is 5.97. The number of nitrogens with zero attached hydrogens (tertiary/aromatic N) is 3. The van der Waals surface area contributed by atoms with Gasteiger partial charge in [-0.15, -0.1) is 0 Å². The fourth-order valence-electron chi connectivity index (χ4n) is 3.78. The zero-order valence-corrected chi connectivity index (χ0v) is 22.2. The number of hydrogen-bond acceptors (Lipinski definition) is 9. The predicted octanol–water partition coefficient (Wildman–Crippen LogP) is -1.75. The summed E-state index contributed by atoms with van der Waals surface area (Å²) in [6.07, 6.45) is 4.65. The third kappa shape index (κ3) is 10.1. The first-order valence-corrected chi connectivity index (χ1v) is 12.4. The molecule has 0 radical (unpaired) electrons. The zero-order valence-electron chi connectivity index (χ0n) is 22.2. The number of nitrogens with one attached hydrogen (secondary N) is 4. The van der Waals surface area contributed by atoms with Crippen LogP contribution in [-0.4, -0.2) is 68.1 Å². The molecule has 0 fully saturated rings. The lowest BCUT2D eigenvalue weighted by Crippen LogP contribution is -2.51. The molecule has 0 aliphatic carbocycles. The van der Waals surface area contributed by atoms with Gasteiger partial charge in [-0.05, 0) is 25.8 Å². The molecule has 2 aromatic heterocycles. The fourth-order valence-corrected chi connectivity index (χ4v) is 3.78. The summed E-state index contributed by atoms with van der Waals surface area (Å²) >= 11 is 0. The summed E-state index contributed by atoms with van der Waals surface area (Å²) in [6, 6.07) is -2.18. The van der Waals surface area contributed by atoms with Crippen LogP contribution in [0.1, 0.15) is 66.7 Å². The van der Waals surface area contributed by atoms with Gasteiger partial charge in [0.25, 0.3) is 5.91 Å². The van der Waals surface area contributed by atoms with E-state index in [1.54, 1.807) is 20.8 Å². The molecule has 2 rings (SSSR count). The molecule has 2 heterocycles. The summed E-state index contributed by atoms with van der Waals surface area (Å²) < 4.78 is 0. The van der Waals surface area contributed by atoms with Crippen LogP contribution >= 0.6 is 0 Å². The number of carbonyl (C=O) groups is 5. The van der Waals surface area contributed by atoms with Gasteiger partial charge in [-0.2, -0.15) is 0 Å². The predicted molar refractivity (Wildman–Crippen MR) is 139 cm³/mol. The van der Waals surface area contributed by atoms with Crippen molar-refractivity contribution in [3.05, 3.63) is 41.5 Å². The van der Waals surface area contributed by atoms with Gasteiger partial charge < -0.3 is 38.1 Å². The van der Waals surface area contributed by atoms with Gasteiger partial charge >= 0.3 is 0 Å². The highest BCUT2D eigenvalue weighted by atomic mass is 16.2. The molecule has 39 heavy (non-hydrogen) atoms. The Kier molecular flexibility index (Phi) is 11.5. The summed E-state index contributed by atoms with van der Waals surface area (Å²) in [6.45, 7) is 5.17. The number of aromatic amines is 1. The molecule has 10 N–H and O–H groups in total. The number of amides is 5. The summed E-state index contributed by atoms with van der Waals surface area (Å²) in [4.78, 5) is 76.0. The van der Waals surface area contributed by atoms with Crippen LogP contribution in [0, 0.1) is 12.8 Å². The highest BCUT2D eigenvalue weighted by Crippen LogP contribution is 2.15. The molecule has 5 amide bonds. The van der Waals surface area contributed by atoms with E-state index in [0.29, 0.717) is 17.7 Å². The van der Waals surface area contributed by atoms with E-state index in [1.165, 1.54) is 18.7 Å². The number of nitrogens with two attached hydrogens (primary N) is 3. The third-order valence-electron chi connectivity index (χ3n) is 5.87. The van der Waals surface area contributed by atoms with Crippen LogP contribution in [0.2, 0.25) is 0 Å². The summed E-state index contributed by atoms with van der Waals surface area (Å²) in [5.74, 6) is -3.13. The first-order chi connectivity index (χ1) is 18.4. The lowest BCUT2D eigenvalue weighted by molar-refractivity contribution is -0.125. The molecule has 0 bridgehead atoms. The summed E-state index contributed by atoms with van der Waals surface area (Å²) in [5.41, 5.74) is 16.9. The smallest absolute Gasteiger partial charge is 0.270 e. The average molecular weight is 545 g/mol. The van der Waals surface area contributed by atoms with Gasteiger partial charge in [0.05, 0.1) is 12.4 Å². The normalized spacial score (nSPS) is 14.0. The maximum absolute atomic E-state index is 13.3. The Morgan fingerprint density at radius 2 is 1.74 bits per heavy atom. The molecular formula is C24H36N10O5. The second-order valence-corrected chi connectivity index (χ2v) is 9.41. The number of carbonyl (C=O) groups excluding carboxylic acids is 5. The van der Waals surface area contributed by atoms with Gasteiger partial charge in [-0.1, -0.05) is 6.92 Å². The van der Waals surface area contributed by atoms with Crippen LogP contribution in [-0.2, 0) is 25.6 Å². The molecule has 0 saturated carbocycles. The molecule has 212 valence electrons. The lowest BCUT2D eigenvalue weighted by Gasteiger charge is -2.22. The Morgan fingerprint density at radius 3 is 2.33 bits per heavy atom. The first-order valence-electron chi connectivity index (χ1n) is 12.4. The maximum atomic E-state index is 13.3. The standard InChI is InChI=1S/C24H36N10O5/c1-12(21(27)37)6-14(3)32-23(38)17(7-15-10-28-11-31-15)33-24(39)20-13(2)9-30-22(34-20)16(8-19(26)36)29-5-4-18(25)35/h9-12,14,16-17,29H,4-8H2,1-3H3,(H2,25,35)(H2,26,36)(H2,27,37)(H,28,31)(H,32,38)(H,33,39)/t12-,14+,16-,17-/m0/s1. The summed E-state index contributed by atoms with van der Waals surface area (Å²) in [5, 5.41) is 8.46. The molecule has 0 aliphatic heterocycles. The molecule has 0 aromatic carbocycles. The van der Waals surface area contributed by atoms with Crippen molar-refractivity contribution in [2.24, 2.45) is 23.1 Å². The van der Waals surface area contributed by atoms with Crippen molar-refractivity contribution in [1.82, 2.24) is 35.9 Å². The molecule has 15 nitrogen and oxygen atoms in total. The minimum Gasteiger partial charge on any atom is -0.370 e. The van der Waals surface area contributed by atoms with Crippen molar-refractivity contribution >= 4 is 29.5 Å². The van der Waals surface area contributed by atoms with Crippen molar-refractivity contribution in [1.29, 1.82) is 0 Å². The lowest BCUT2D eigenvalue weighted by atomic mass is 10.0. The van der Waals surface area contributed by atoms with Gasteiger partial charge in [-0.3, -0.25) is 24.0 Å². The van der Waals surface area contributed by atoms with E-state index in [-0.39, 0.29) is 37.3 Å². The van der Waals surface area contributed by atoms with Crippen molar-refractivity contribution in [3.63, 3.8) is 0 Å². The van der Waals surface area contributed by atoms with E-state index < -0.39 is 53.6 Å². The molecule has 15 heteroatoms. The Labute approximate surface area is 225 Å². The van der Waals surface area contributed by atoms with Gasteiger partial charge in [0.1, 0.15) is 17.6 Å². The molecule has 0 unspecified atom stereocenters. The minimum atomic E-state index is -1.02. The van der Waals surface area contributed by atoms with E-state index in [1.807, 2.05) is 0 Å². The van der Waals surface area contributed by atoms with Crippen molar-refractivity contribution in [2.45, 2.75) is 64.6 Å². The fraction of sp³-hybridized carbons (Fsp3) is 0.500. The molecular weight excluding hydrogens is 508 g/mol.